The monoisotopic (exact) mass is 381 g/mol. The summed E-state index contributed by atoms with van der Waals surface area (Å²) < 4.78 is 24.9. The average molecular weight is 381 g/mol. The molecule has 3 rings (SSSR count). The first-order valence-corrected chi connectivity index (χ1v) is 9.26. The van der Waals surface area contributed by atoms with Crippen molar-refractivity contribution < 1.29 is 18.7 Å². The molecule has 0 saturated heterocycles. The summed E-state index contributed by atoms with van der Waals surface area (Å²) in [6.07, 6.45) is 6.83. The molecule has 4 nitrogen and oxygen atoms in total. The Morgan fingerprint density at radius 1 is 1.25 bits per heavy atom. The van der Waals surface area contributed by atoms with Crippen LogP contribution in [0.25, 0.3) is 6.08 Å². The van der Waals surface area contributed by atoms with Crippen molar-refractivity contribution in [3.05, 3.63) is 78.1 Å². The SMILES string of the molecule is C=CCOc1ccc(/C=C/C(=O)N(Cc2ccccc2F)C2CC2)cc1OC. The lowest BCUT2D eigenvalue weighted by Crippen LogP contribution is -2.31. The third-order valence-electron chi connectivity index (χ3n) is 4.53. The Bertz CT molecular complexity index is 874. The van der Waals surface area contributed by atoms with Gasteiger partial charge < -0.3 is 14.4 Å². The number of ether oxygens (including phenoxy) is 2. The number of carbonyl (C=O) groups is 1. The maximum absolute atomic E-state index is 14.0. The molecule has 0 atom stereocenters. The number of hydrogen-bond donors (Lipinski definition) is 0. The van der Waals surface area contributed by atoms with E-state index in [1.165, 1.54) is 12.1 Å². The molecule has 0 aliphatic heterocycles. The molecule has 28 heavy (non-hydrogen) atoms. The maximum Gasteiger partial charge on any atom is 0.247 e. The van der Waals surface area contributed by atoms with Gasteiger partial charge in [0.05, 0.1) is 7.11 Å². The third-order valence-corrected chi connectivity index (χ3v) is 4.53. The number of carbonyl (C=O) groups excluding carboxylic acids is 1. The number of benzene rings is 2. The highest BCUT2D eigenvalue weighted by Crippen LogP contribution is 2.30. The highest BCUT2D eigenvalue weighted by molar-refractivity contribution is 5.92. The molecule has 1 amide bonds. The van der Waals surface area contributed by atoms with Crippen molar-refractivity contribution >= 4 is 12.0 Å². The van der Waals surface area contributed by atoms with E-state index >= 15 is 0 Å². The Morgan fingerprint density at radius 3 is 2.71 bits per heavy atom. The molecule has 1 aliphatic carbocycles. The first-order chi connectivity index (χ1) is 13.6. The van der Waals surface area contributed by atoms with Crippen LogP contribution in [0.4, 0.5) is 4.39 Å². The van der Waals surface area contributed by atoms with Gasteiger partial charge in [0.2, 0.25) is 5.91 Å². The fourth-order valence-electron chi connectivity index (χ4n) is 2.90. The van der Waals surface area contributed by atoms with Crippen molar-refractivity contribution in [1.82, 2.24) is 4.90 Å². The number of amides is 1. The molecule has 0 radical (unpaired) electrons. The van der Waals surface area contributed by atoms with Crippen LogP contribution in [0.3, 0.4) is 0 Å². The Kier molecular flexibility index (Phi) is 6.48. The van der Waals surface area contributed by atoms with Gasteiger partial charge in [0.15, 0.2) is 11.5 Å². The first-order valence-electron chi connectivity index (χ1n) is 9.26. The van der Waals surface area contributed by atoms with Gasteiger partial charge in [0.25, 0.3) is 0 Å². The summed E-state index contributed by atoms with van der Waals surface area (Å²) >= 11 is 0. The molecule has 2 aromatic rings. The quantitative estimate of drug-likeness (QED) is 0.471. The van der Waals surface area contributed by atoms with Gasteiger partial charge >= 0.3 is 0 Å². The minimum atomic E-state index is -0.287. The molecule has 1 saturated carbocycles. The largest absolute Gasteiger partial charge is 0.493 e. The van der Waals surface area contributed by atoms with Crippen molar-refractivity contribution in [3.8, 4) is 11.5 Å². The summed E-state index contributed by atoms with van der Waals surface area (Å²) in [5, 5.41) is 0. The highest BCUT2D eigenvalue weighted by atomic mass is 19.1. The van der Waals surface area contributed by atoms with Gasteiger partial charge in [-0.05, 0) is 42.7 Å². The molecule has 5 heteroatoms. The summed E-state index contributed by atoms with van der Waals surface area (Å²) in [6.45, 7) is 4.29. The average Bonchev–Trinajstić information content (AvgIpc) is 3.55. The van der Waals surface area contributed by atoms with E-state index in [4.69, 9.17) is 9.47 Å². The van der Waals surface area contributed by atoms with E-state index in [0.717, 1.165) is 18.4 Å². The Balaban J connectivity index is 1.72. The molecule has 146 valence electrons. The zero-order valence-electron chi connectivity index (χ0n) is 15.9. The topological polar surface area (TPSA) is 38.8 Å². The van der Waals surface area contributed by atoms with E-state index < -0.39 is 0 Å². The first kappa shape index (κ1) is 19.7. The summed E-state index contributed by atoms with van der Waals surface area (Å²) in [4.78, 5) is 14.5. The number of methoxy groups -OCH3 is 1. The molecule has 1 fully saturated rings. The van der Waals surface area contributed by atoms with Crippen LogP contribution >= 0.6 is 0 Å². The predicted molar refractivity (Wildman–Crippen MR) is 108 cm³/mol. The minimum Gasteiger partial charge on any atom is -0.493 e. The number of hydrogen-bond acceptors (Lipinski definition) is 3. The lowest BCUT2D eigenvalue weighted by atomic mass is 10.1. The molecular weight excluding hydrogens is 357 g/mol. The van der Waals surface area contributed by atoms with E-state index in [2.05, 4.69) is 6.58 Å². The molecule has 0 bridgehead atoms. The molecule has 0 aromatic heterocycles. The van der Waals surface area contributed by atoms with Gasteiger partial charge in [-0.1, -0.05) is 36.9 Å². The van der Waals surface area contributed by atoms with Gasteiger partial charge in [-0.3, -0.25) is 4.79 Å². The van der Waals surface area contributed by atoms with Crippen molar-refractivity contribution in [2.75, 3.05) is 13.7 Å². The van der Waals surface area contributed by atoms with Crippen molar-refractivity contribution in [3.63, 3.8) is 0 Å². The molecule has 1 aliphatic rings. The number of halogens is 1. The van der Waals surface area contributed by atoms with Crippen LogP contribution in [-0.2, 0) is 11.3 Å². The van der Waals surface area contributed by atoms with Crippen LogP contribution in [0.15, 0.2) is 61.2 Å². The minimum absolute atomic E-state index is 0.128. The lowest BCUT2D eigenvalue weighted by molar-refractivity contribution is -0.127. The van der Waals surface area contributed by atoms with E-state index in [1.54, 1.807) is 54.5 Å². The van der Waals surface area contributed by atoms with Gasteiger partial charge in [-0.25, -0.2) is 4.39 Å². The second-order valence-corrected chi connectivity index (χ2v) is 6.63. The molecule has 0 unspecified atom stereocenters. The number of nitrogens with zero attached hydrogens (tertiary/aromatic N) is 1. The van der Waals surface area contributed by atoms with Gasteiger partial charge in [0.1, 0.15) is 12.4 Å². The van der Waals surface area contributed by atoms with E-state index in [1.807, 2.05) is 6.07 Å². The Labute approximate surface area is 164 Å². The molecule has 0 spiro atoms. The van der Waals surface area contributed by atoms with Crippen molar-refractivity contribution in [2.45, 2.75) is 25.4 Å². The predicted octanol–water partition coefficient (Wildman–Crippen LogP) is 4.60. The molecular formula is C23H24FNO3. The van der Waals surface area contributed by atoms with Crippen LogP contribution in [0, 0.1) is 5.82 Å². The Hall–Kier alpha value is -3.08. The zero-order valence-corrected chi connectivity index (χ0v) is 15.9. The van der Waals surface area contributed by atoms with Gasteiger partial charge in [-0.2, -0.15) is 0 Å². The fourth-order valence-corrected chi connectivity index (χ4v) is 2.90. The molecule has 0 N–H and O–H groups in total. The second-order valence-electron chi connectivity index (χ2n) is 6.63. The normalized spacial score (nSPS) is 13.4. The fraction of sp³-hybridized carbons (Fsp3) is 0.261. The summed E-state index contributed by atoms with van der Waals surface area (Å²) in [7, 11) is 1.57. The molecule has 2 aromatic carbocycles. The van der Waals surface area contributed by atoms with Crippen LogP contribution in [0.1, 0.15) is 24.0 Å². The third kappa shape index (κ3) is 5.00. The maximum atomic E-state index is 14.0. The van der Waals surface area contributed by atoms with E-state index in [-0.39, 0.29) is 24.3 Å². The Morgan fingerprint density at radius 2 is 2.04 bits per heavy atom. The van der Waals surface area contributed by atoms with Crippen LogP contribution in [0.5, 0.6) is 11.5 Å². The second kappa shape index (κ2) is 9.22. The summed E-state index contributed by atoms with van der Waals surface area (Å²) in [5.74, 6) is 0.786. The van der Waals surface area contributed by atoms with Crippen molar-refractivity contribution in [1.29, 1.82) is 0 Å². The number of rotatable bonds is 9. The van der Waals surface area contributed by atoms with E-state index in [0.29, 0.717) is 23.7 Å². The highest BCUT2D eigenvalue weighted by Gasteiger charge is 2.32. The van der Waals surface area contributed by atoms with Crippen molar-refractivity contribution in [2.24, 2.45) is 0 Å². The van der Waals surface area contributed by atoms with E-state index in [9.17, 15) is 9.18 Å². The smallest absolute Gasteiger partial charge is 0.247 e. The van der Waals surface area contributed by atoms with Crippen LogP contribution < -0.4 is 9.47 Å². The van der Waals surface area contributed by atoms with Gasteiger partial charge in [0, 0.05) is 24.2 Å². The summed E-state index contributed by atoms with van der Waals surface area (Å²) in [6, 6.07) is 12.2. The van der Waals surface area contributed by atoms with Crippen LogP contribution in [0.2, 0.25) is 0 Å². The summed E-state index contributed by atoms with van der Waals surface area (Å²) in [5.41, 5.74) is 1.35. The lowest BCUT2D eigenvalue weighted by Gasteiger charge is -2.21. The molecule has 0 heterocycles. The zero-order chi connectivity index (χ0) is 19.9. The van der Waals surface area contributed by atoms with Crippen LogP contribution in [-0.4, -0.2) is 30.6 Å². The van der Waals surface area contributed by atoms with Gasteiger partial charge in [-0.15, -0.1) is 0 Å². The standard InChI is InChI=1S/C23H24FNO3/c1-3-14-28-21-12-8-17(15-22(21)27-2)9-13-23(26)25(19-10-11-19)16-18-6-4-5-7-20(18)24/h3-9,12-13,15,19H,1,10-11,14,16H2,2H3/b13-9+.